The lowest BCUT2D eigenvalue weighted by atomic mass is 10.1. The second-order valence-electron chi connectivity index (χ2n) is 4.07. The van der Waals surface area contributed by atoms with Crippen molar-refractivity contribution in [2.75, 3.05) is 0 Å². The van der Waals surface area contributed by atoms with Gasteiger partial charge in [-0.1, -0.05) is 25.1 Å². The molecule has 0 spiro atoms. The molecular formula is C14H18O3. The molecule has 3 heteroatoms. The molecule has 0 radical (unpaired) electrons. The molecule has 0 aliphatic carbocycles. The molecule has 1 rings (SSSR count). The lowest BCUT2D eigenvalue weighted by Gasteiger charge is -2.12. The summed E-state index contributed by atoms with van der Waals surface area (Å²) in [7, 11) is 0. The van der Waals surface area contributed by atoms with Gasteiger partial charge in [-0.3, -0.25) is 4.79 Å². The first-order chi connectivity index (χ1) is 8.13. The molecule has 0 fully saturated rings. The van der Waals surface area contributed by atoms with Crippen molar-refractivity contribution in [1.29, 1.82) is 0 Å². The topological polar surface area (TPSA) is 43.4 Å². The number of Topliss-reactive ketones (excluding diaryl/α,β-unsaturated/α-hetero) is 1. The van der Waals surface area contributed by atoms with Gasteiger partial charge in [-0.2, -0.15) is 0 Å². The minimum absolute atomic E-state index is 0.140. The van der Waals surface area contributed by atoms with Crippen molar-refractivity contribution in [1.82, 2.24) is 0 Å². The van der Waals surface area contributed by atoms with Gasteiger partial charge in [0.1, 0.15) is 11.9 Å². The fourth-order valence-corrected chi connectivity index (χ4v) is 1.57. The Morgan fingerprint density at radius 1 is 1.24 bits per heavy atom. The van der Waals surface area contributed by atoms with Gasteiger partial charge in [0.05, 0.1) is 5.56 Å². The van der Waals surface area contributed by atoms with E-state index in [2.05, 4.69) is 0 Å². The van der Waals surface area contributed by atoms with E-state index in [-0.39, 0.29) is 17.9 Å². The Hall–Kier alpha value is -1.64. The molecule has 0 N–H and O–H groups in total. The normalized spacial score (nSPS) is 11.9. The molecule has 17 heavy (non-hydrogen) atoms. The first-order valence-electron chi connectivity index (χ1n) is 5.91. The largest absolute Gasteiger partial charge is 0.459 e. The molecule has 1 aromatic rings. The van der Waals surface area contributed by atoms with E-state index in [0.717, 1.165) is 6.42 Å². The molecule has 1 unspecified atom stereocenters. The summed E-state index contributed by atoms with van der Waals surface area (Å²) in [5, 5.41) is 0. The van der Waals surface area contributed by atoms with Crippen LogP contribution in [0.4, 0.5) is 0 Å². The predicted molar refractivity (Wildman–Crippen MR) is 65.9 cm³/mol. The number of benzene rings is 1. The lowest BCUT2D eigenvalue weighted by molar-refractivity contribution is -0.120. The van der Waals surface area contributed by atoms with Crippen LogP contribution in [-0.4, -0.2) is 17.9 Å². The summed E-state index contributed by atoms with van der Waals surface area (Å²) >= 11 is 0. The van der Waals surface area contributed by atoms with Crippen molar-refractivity contribution in [2.45, 2.75) is 39.2 Å². The minimum Gasteiger partial charge on any atom is -0.459 e. The summed E-state index contributed by atoms with van der Waals surface area (Å²) in [4.78, 5) is 23.0. The first kappa shape index (κ1) is 13.4. The average Bonchev–Trinajstić information content (AvgIpc) is 2.30. The smallest absolute Gasteiger partial charge is 0.338 e. The van der Waals surface area contributed by atoms with E-state index in [4.69, 9.17) is 4.74 Å². The van der Waals surface area contributed by atoms with E-state index in [1.54, 1.807) is 31.2 Å². The zero-order valence-corrected chi connectivity index (χ0v) is 10.3. The van der Waals surface area contributed by atoms with Gasteiger partial charge in [-0.05, 0) is 25.5 Å². The van der Waals surface area contributed by atoms with Crippen LogP contribution in [0.3, 0.4) is 0 Å². The Morgan fingerprint density at radius 2 is 1.88 bits per heavy atom. The van der Waals surface area contributed by atoms with Crippen molar-refractivity contribution < 1.29 is 14.3 Å². The van der Waals surface area contributed by atoms with Gasteiger partial charge in [0.15, 0.2) is 0 Å². The van der Waals surface area contributed by atoms with Gasteiger partial charge >= 0.3 is 5.97 Å². The van der Waals surface area contributed by atoms with Crippen molar-refractivity contribution in [2.24, 2.45) is 0 Å². The monoisotopic (exact) mass is 234 g/mol. The molecule has 0 bridgehead atoms. The van der Waals surface area contributed by atoms with Crippen LogP contribution in [-0.2, 0) is 9.53 Å². The van der Waals surface area contributed by atoms with Crippen LogP contribution in [0.25, 0.3) is 0 Å². The molecule has 92 valence electrons. The number of ketones is 1. The van der Waals surface area contributed by atoms with E-state index in [1.807, 2.05) is 13.0 Å². The maximum Gasteiger partial charge on any atom is 0.338 e. The minimum atomic E-state index is -0.373. The number of hydrogen-bond acceptors (Lipinski definition) is 3. The van der Waals surface area contributed by atoms with E-state index < -0.39 is 0 Å². The van der Waals surface area contributed by atoms with Gasteiger partial charge in [0.25, 0.3) is 0 Å². The van der Waals surface area contributed by atoms with Crippen molar-refractivity contribution in [3.63, 3.8) is 0 Å². The van der Waals surface area contributed by atoms with Crippen LogP contribution in [0.15, 0.2) is 30.3 Å². The molecule has 0 amide bonds. The third kappa shape index (κ3) is 4.81. The van der Waals surface area contributed by atoms with E-state index in [9.17, 15) is 9.59 Å². The molecule has 0 heterocycles. The molecule has 0 aliphatic rings. The second-order valence-corrected chi connectivity index (χ2v) is 4.07. The van der Waals surface area contributed by atoms with Gasteiger partial charge in [0.2, 0.25) is 0 Å². The summed E-state index contributed by atoms with van der Waals surface area (Å²) in [6.07, 6.45) is 1.32. The number of carbonyl (C=O) groups is 2. The van der Waals surface area contributed by atoms with E-state index in [0.29, 0.717) is 18.4 Å². The summed E-state index contributed by atoms with van der Waals surface area (Å²) in [5.74, 6) is -0.233. The lowest BCUT2D eigenvalue weighted by Crippen LogP contribution is -2.18. The van der Waals surface area contributed by atoms with Crippen LogP contribution in [0.5, 0.6) is 0 Å². The first-order valence-corrected chi connectivity index (χ1v) is 5.91. The summed E-state index contributed by atoms with van der Waals surface area (Å²) in [6.45, 7) is 3.70. The van der Waals surface area contributed by atoms with Crippen LogP contribution < -0.4 is 0 Å². The van der Waals surface area contributed by atoms with Crippen LogP contribution >= 0.6 is 0 Å². The highest BCUT2D eigenvalue weighted by Gasteiger charge is 2.14. The molecule has 1 atom stereocenters. The fraction of sp³-hybridized carbons (Fsp3) is 0.429. The molecule has 0 aromatic heterocycles. The maximum atomic E-state index is 11.7. The summed E-state index contributed by atoms with van der Waals surface area (Å²) in [5.41, 5.74) is 0.516. The standard InChI is InChI=1S/C14H18O3/c1-3-7-13(15)10-11(2)17-14(16)12-8-5-4-6-9-12/h4-6,8-9,11H,3,7,10H2,1-2H3. The Bertz CT molecular complexity index is 370. The third-order valence-electron chi connectivity index (χ3n) is 2.36. The highest BCUT2D eigenvalue weighted by molar-refractivity contribution is 5.89. The van der Waals surface area contributed by atoms with E-state index >= 15 is 0 Å². The Labute approximate surface area is 102 Å². The predicted octanol–water partition coefficient (Wildman–Crippen LogP) is 2.99. The Kier molecular flexibility index (Phi) is 5.40. The fourth-order valence-electron chi connectivity index (χ4n) is 1.57. The van der Waals surface area contributed by atoms with Gasteiger partial charge in [0, 0.05) is 12.8 Å². The van der Waals surface area contributed by atoms with Crippen LogP contribution in [0.1, 0.15) is 43.5 Å². The molecule has 1 aromatic carbocycles. The van der Waals surface area contributed by atoms with Gasteiger partial charge < -0.3 is 4.74 Å². The number of ether oxygens (including phenoxy) is 1. The SMILES string of the molecule is CCCC(=O)CC(C)OC(=O)c1ccccc1. The Morgan fingerprint density at radius 3 is 2.47 bits per heavy atom. The number of esters is 1. The van der Waals surface area contributed by atoms with Crippen molar-refractivity contribution in [3.8, 4) is 0 Å². The summed E-state index contributed by atoms with van der Waals surface area (Å²) in [6, 6.07) is 8.80. The van der Waals surface area contributed by atoms with E-state index in [1.165, 1.54) is 0 Å². The Balaban J connectivity index is 2.44. The van der Waals surface area contributed by atoms with Crippen molar-refractivity contribution in [3.05, 3.63) is 35.9 Å². The molecule has 0 aliphatic heterocycles. The molecule has 0 saturated carbocycles. The highest BCUT2D eigenvalue weighted by atomic mass is 16.5. The third-order valence-corrected chi connectivity index (χ3v) is 2.36. The molecule has 0 saturated heterocycles. The van der Waals surface area contributed by atoms with Gasteiger partial charge in [-0.15, -0.1) is 0 Å². The molecular weight excluding hydrogens is 216 g/mol. The number of rotatable bonds is 6. The second kappa shape index (κ2) is 6.84. The number of hydrogen-bond donors (Lipinski definition) is 0. The highest BCUT2D eigenvalue weighted by Crippen LogP contribution is 2.07. The number of carbonyl (C=O) groups excluding carboxylic acids is 2. The van der Waals surface area contributed by atoms with Gasteiger partial charge in [-0.25, -0.2) is 4.79 Å². The van der Waals surface area contributed by atoms with Crippen molar-refractivity contribution >= 4 is 11.8 Å². The van der Waals surface area contributed by atoms with Crippen LogP contribution in [0.2, 0.25) is 0 Å². The molecule has 3 nitrogen and oxygen atoms in total. The van der Waals surface area contributed by atoms with Crippen LogP contribution in [0, 0.1) is 0 Å². The average molecular weight is 234 g/mol. The summed E-state index contributed by atoms with van der Waals surface area (Å²) < 4.78 is 5.19. The quantitative estimate of drug-likeness (QED) is 0.711. The zero-order valence-electron chi connectivity index (χ0n) is 10.3. The zero-order chi connectivity index (χ0) is 12.7. The maximum absolute atomic E-state index is 11.7.